The summed E-state index contributed by atoms with van der Waals surface area (Å²) in [6, 6.07) is 16.3. The van der Waals surface area contributed by atoms with Crippen LogP contribution in [0.25, 0.3) is 0 Å². The number of rotatable bonds is 4. The van der Waals surface area contributed by atoms with Crippen molar-refractivity contribution in [3.63, 3.8) is 0 Å². The van der Waals surface area contributed by atoms with Crippen molar-refractivity contribution < 1.29 is 9.31 Å². The van der Waals surface area contributed by atoms with Gasteiger partial charge in [0.15, 0.2) is 6.21 Å². The highest BCUT2D eigenvalue weighted by Gasteiger charge is 2.24. The molecule has 4 rings (SSSR count). The van der Waals surface area contributed by atoms with Crippen LogP contribution >= 0.6 is 0 Å². The Bertz CT molecular complexity index is 916. The van der Waals surface area contributed by atoms with Crippen LogP contribution in [-0.2, 0) is 0 Å². The van der Waals surface area contributed by atoms with Gasteiger partial charge in [0, 0.05) is 36.8 Å². The highest BCUT2D eigenvalue weighted by molar-refractivity contribution is 6.28. The zero-order valence-electron chi connectivity index (χ0n) is 15.3. The second-order valence-electron chi connectivity index (χ2n) is 6.78. The molecule has 0 saturated heterocycles. The molecule has 2 aromatic carbocycles. The molecule has 132 valence electrons. The molecule has 0 radical (unpaired) electrons. The number of hydrogen-bond acceptors (Lipinski definition) is 4. The summed E-state index contributed by atoms with van der Waals surface area (Å²) < 4.78 is 8.24. The Morgan fingerprint density at radius 1 is 1.08 bits per heavy atom. The normalized spacial score (nSPS) is 19.0. The van der Waals surface area contributed by atoms with Crippen molar-refractivity contribution in [2.24, 2.45) is 4.99 Å². The molecule has 2 aliphatic heterocycles. The molecule has 2 aromatic rings. The third-order valence-corrected chi connectivity index (χ3v) is 4.52. The second-order valence-corrected chi connectivity index (χ2v) is 6.78. The molecule has 2 aliphatic rings. The Balaban J connectivity index is 1.54. The summed E-state index contributed by atoms with van der Waals surface area (Å²) in [5.74, 6) is 1.65. The van der Waals surface area contributed by atoms with Gasteiger partial charge in [0.2, 0.25) is 0 Å². The van der Waals surface area contributed by atoms with E-state index in [0.29, 0.717) is 0 Å². The summed E-state index contributed by atoms with van der Waals surface area (Å²) in [6.45, 7) is 2.87. The predicted molar refractivity (Wildman–Crippen MR) is 105 cm³/mol. The number of benzene rings is 2. The molecule has 0 bridgehead atoms. The van der Waals surface area contributed by atoms with Gasteiger partial charge in [0.05, 0.1) is 6.67 Å². The van der Waals surface area contributed by atoms with E-state index in [1.807, 2.05) is 38.2 Å². The van der Waals surface area contributed by atoms with Crippen molar-refractivity contribution in [1.29, 1.82) is 0 Å². The molecule has 0 spiro atoms. The van der Waals surface area contributed by atoms with E-state index in [-0.39, 0.29) is 6.17 Å². The van der Waals surface area contributed by atoms with Gasteiger partial charge in [-0.15, -0.1) is 0 Å². The quantitative estimate of drug-likeness (QED) is 0.787. The van der Waals surface area contributed by atoms with Crippen LogP contribution in [0.3, 0.4) is 0 Å². The van der Waals surface area contributed by atoms with Gasteiger partial charge in [-0.1, -0.05) is 12.1 Å². The maximum Gasteiger partial charge on any atom is 0.272 e. The highest BCUT2D eigenvalue weighted by atomic mass is 16.5. The SMILES string of the molecule is CC1=NC(c2cccc(Oc3cccc(N4C=CN(C)C4)c3)c2)[N+](C)=C1. The van der Waals surface area contributed by atoms with E-state index >= 15 is 0 Å². The van der Waals surface area contributed by atoms with Gasteiger partial charge in [-0.05, 0) is 37.3 Å². The van der Waals surface area contributed by atoms with E-state index in [1.54, 1.807) is 0 Å². The first-order valence-electron chi connectivity index (χ1n) is 8.73. The maximum atomic E-state index is 6.13. The fourth-order valence-electron chi connectivity index (χ4n) is 3.29. The van der Waals surface area contributed by atoms with E-state index in [4.69, 9.17) is 4.74 Å². The summed E-state index contributed by atoms with van der Waals surface area (Å²) >= 11 is 0. The number of ether oxygens (including phenoxy) is 1. The highest BCUT2D eigenvalue weighted by Crippen LogP contribution is 2.30. The van der Waals surface area contributed by atoms with E-state index in [9.17, 15) is 0 Å². The molecule has 2 heterocycles. The summed E-state index contributed by atoms with van der Waals surface area (Å²) in [5, 5.41) is 0. The molecule has 1 atom stereocenters. The Labute approximate surface area is 154 Å². The van der Waals surface area contributed by atoms with Crippen LogP contribution in [0.1, 0.15) is 18.7 Å². The Morgan fingerprint density at radius 2 is 1.85 bits per heavy atom. The first-order valence-corrected chi connectivity index (χ1v) is 8.73. The summed E-state index contributed by atoms with van der Waals surface area (Å²) in [6.07, 6.45) is 6.22. The lowest BCUT2D eigenvalue weighted by Gasteiger charge is -2.19. The fourth-order valence-corrected chi connectivity index (χ4v) is 3.29. The lowest BCUT2D eigenvalue weighted by molar-refractivity contribution is -0.533. The van der Waals surface area contributed by atoms with Crippen molar-refractivity contribution >= 4 is 17.6 Å². The number of nitrogens with zero attached hydrogens (tertiary/aromatic N) is 4. The predicted octanol–water partition coefficient (Wildman–Crippen LogP) is 3.85. The van der Waals surface area contributed by atoms with Crippen molar-refractivity contribution in [1.82, 2.24) is 4.90 Å². The van der Waals surface area contributed by atoms with Crippen LogP contribution in [0.2, 0.25) is 0 Å². The van der Waals surface area contributed by atoms with E-state index in [0.717, 1.165) is 35.1 Å². The van der Waals surface area contributed by atoms with Crippen LogP contribution in [0.4, 0.5) is 5.69 Å². The lowest BCUT2D eigenvalue weighted by Crippen LogP contribution is -2.21. The van der Waals surface area contributed by atoms with Gasteiger partial charge in [-0.25, -0.2) is 9.57 Å². The molecule has 1 unspecified atom stereocenters. The van der Waals surface area contributed by atoms with Gasteiger partial charge >= 0.3 is 0 Å². The number of aliphatic imine (C=N–C) groups is 1. The lowest BCUT2D eigenvalue weighted by atomic mass is 10.1. The van der Waals surface area contributed by atoms with Crippen LogP contribution in [0.15, 0.2) is 65.9 Å². The first kappa shape index (κ1) is 16.4. The molecular formula is C21H23N4O+. The fraction of sp³-hybridized carbons (Fsp3) is 0.238. The molecule has 5 nitrogen and oxygen atoms in total. The summed E-state index contributed by atoms with van der Waals surface area (Å²) in [5.41, 5.74) is 3.28. The van der Waals surface area contributed by atoms with Gasteiger partial charge in [-0.2, -0.15) is 0 Å². The molecule has 0 aliphatic carbocycles. The molecule has 5 heteroatoms. The van der Waals surface area contributed by atoms with Gasteiger partial charge in [0.1, 0.15) is 24.3 Å². The Morgan fingerprint density at radius 3 is 2.54 bits per heavy atom. The molecule has 26 heavy (non-hydrogen) atoms. The zero-order chi connectivity index (χ0) is 18.1. The second kappa shape index (κ2) is 6.67. The average molecular weight is 347 g/mol. The molecule has 0 fully saturated rings. The van der Waals surface area contributed by atoms with Gasteiger partial charge in [-0.3, -0.25) is 0 Å². The van der Waals surface area contributed by atoms with Crippen LogP contribution in [0, 0.1) is 0 Å². The van der Waals surface area contributed by atoms with Gasteiger partial charge in [0.25, 0.3) is 6.17 Å². The molecular weight excluding hydrogens is 324 g/mol. The largest absolute Gasteiger partial charge is 0.457 e. The van der Waals surface area contributed by atoms with Crippen LogP contribution < -0.4 is 9.64 Å². The van der Waals surface area contributed by atoms with Crippen molar-refractivity contribution in [2.75, 3.05) is 25.7 Å². The van der Waals surface area contributed by atoms with E-state index < -0.39 is 0 Å². The van der Waals surface area contributed by atoms with Crippen molar-refractivity contribution in [2.45, 2.75) is 13.1 Å². The van der Waals surface area contributed by atoms with Crippen LogP contribution in [0.5, 0.6) is 11.5 Å². The standard InChI is InChI=1S/C21H23N4O/c1-16-14-24(3)21(22-16)17-6-4-8-19(12-17)26-20-9-5-7-18(13-20)25-11-10-23(2)15-25/h4-14,21H,15H2,1-3H3/q+1. The number of hydrogen-bond donors (Lipinski definition) is 0. The Kier molecular flexibility index (Phi) is 4.21. The minimum Gasteiger partial charge on any atom is -0.457 e. The average Bonchev–Trinajstić information content (AvgIpc) is 3.20. The topological polar surface area (TPSA) is 31.1 Å². The maximum absolute atomic E-state index is 6.13. The van der Waals surface area contributed by atoms with Crippen molar-refractivity contribution in [3.05, 3.63) is 66.5 Å². The van der Waals surface area contributed by atoms with Crippen molar-refractivity contribution in [3.8, 4) is 11.5 Å². The van der Waals surface area contributed by atoms with Gasteiger partial charge < -0.3 is 14.5 Å². The molecule has 0 saturated carbocycles. The minimum atomic E-state index is 0.0233. The summed E-state index contributed by atoms with van der Waals surface area (Å²) in [7, 11) is 4.10. The van der Waals surface area contributed by atoms with E-state index in [1.165, 1.54) is 0 Å². The van der Waals surface area contributed by atoms with Crippen LogP contribution in [-0.4, -0.2) is 42.2 Å². The third-order valence-electron chi connectivity index (χ3n) is 4.52. The Hall–Kier alpha value is -3.08. The monoisotopic (exact) mass is 347 g/mol. The molecule has 0 aromatic heterocycles. The number of anilines is 1. The minimum absolute atomic E-state index is 0.0233. The van der Waals surface area contributed by atoms with E-state index in [2.05, 4.69) is 69.3 Å². The molecule has 0 amide bonds. The molecule has 0 N–H and O–H groups in total. The third kappa shape index (κ3) is 3.33. The summed E-state index contributed by atoms with van der Waals surface area (Å²) in [4.78, 5) is 8.99. The first-order chi connectivity index (χ1) is 12.6. The zero-order valence-corrected chi connectivity index (χ0v) is 15.3. The smallest absolute Gasteiger partial charge is 0.272 e.